The zero-order valence-corrected chi connectivity index (χ0v) is 15.1. The Balaban J connectivity index is 1.80. The lowest BCUT2D eigenvalue weighted by Crippen LogP contribution is -2.30. The highest BCUT2D eigenvalue weighted by Gasteiger charge is 2.30. The lowest BCUT2D eigenvalue weighted by Gasteiger charge is -2.20. The van der Waals surface area contributed by atoms with Crippen molar-refractivity contribution in [1.29, 1.82) is 0 Å². The summed E-state index contributed by atoms with van der Waals surface area (Å²) in [6.07, 6.45) is -4.47. The lowest BCUT2D eigenvalue weighted by atomic mass is 10.2. The molecule has 0 unspecified atom stereocenters. The van der Waals surface area contributed by atoms with E-state index < -0.39 is 24.3 Å². The standard InChI is InChI=1S/C19H15F3N2O2S/c1-13-12-27-18(23-13)24(15-7-3-2-4-8-15)17(25)11-26-16-9-5-6-14(10-16)19(20,21)22/h2-10,12H,11H2,1H3. The third-order valence-corrected chi connectivity index (χ3v) is 4.53. The molecule has 4 nitrogen and oxygen atoms in total. The Hall–Kier alpha value is -2.87. The quantitative estimate of drug-likeness (QED) is 0.598. The van der Waals surface area contributed by atoms with Crippen molar-refractivity contribution in [2.45, 2.75) is 13.1 Å². The topological polar surface area (TPSA) is 42.4 Å². The second kappa shape index (κ2) is 7.79. The summed E-state index contributed by atoms with van der Waals surface area (Å²) < 4.78 is 43.7. The van der Waals surface area contributed by atoms with Crippen molar-refractivity contribution in [3.63, 3.8) is 0 Å². The number of alkyl halides is 3. The van der Waals surface area contributed by atoms with Crippen LogP contribution in [-0.2, 0) is 11.0 Å². The van der Waals surface area contributed by atoms with Crippen molar-refractivity contribution < 1.29 is 22.7 Å². The number of anilines is 2. The van der Waals surface area contributed by atoms with Crippen LogP contribution in [0.4, 0.5) is 24.0 Å². The van der Waals surface area contributed by atoms with E-state index in [1.54, 1.807) is 24.3 Å². The smallest absolute Gasteiger partial charge is 0.416 e. The molecule has 2 aromatic carbocycles. The van der Waals surface area contributed by atoms with Crippen LogP contribution in [0.3, 0.4) is 0 Å². The number of para-hydroxylation sites is 1. The Morgan fingerprint density at radius 2 is 1.89 bits per heavy atom. The van der Waals surface area contributed by atoms with Crippen LogP contribution in [0.1, 0.15) is 11.3 Å². The van der Waals surface area contributed by atoms with Crippen LogP contribution in [-0.4, -0.2) is 17.5 Å². The molecule has 0 N–H and O–H groups in total. The number of aromatic nitrogens is 1. The zero-order valence-electron chi connectivity index (χ0n) is 14.2. The van der Waals surface area contributed by atoms with E-state index in [9.17, 15) is 18.0 Å². The summed E-state index contributed by atoms with van der Waals surface area (Å²) in [6, 6.07) is 13.3. The minimum absolute atomic E-state index is 0.0264. The first kappa shape index (κ1) is 18.9. The van der Waals surface area contributed by atoms with E-state index in [-0.39, 0.29) is 5.75 Å². The third-order valence-electron chi connectivity index (χ3n) is 3.59. The van der Waals surface area contributed by atoms with Gasteiger partial charge in [0.1, 0.15) is 5.75 Å². The summed E-state index contributed by atoms with van der Waals surface area (Å²) in [5.74, 6) is -0.463. The van der Waals surface area contributed by atoms with E-state index in [0.717, 1.165) is 17.8 Å². The largest absolute Gasteiger partial charge is 0.484 e. The molecular weight excluding hydrogens is 377 g/mol. The fraction of sp³-hybridized carbons (Fsp3) is 0.158. The van der Waals surface area contributed by atoms with Crippen molar-refractivity contribution in [1.82, 2.24) is 4.98 Å². The van der Waals surface area contributed by atoms with Gasteiger partial charge in [-0.15, -0.1) is 11.3 Å². The molecule has 0 aliphatic rings. The summed E-state index contributed by atoms with van der Waals surface area (Å²) in [7, 11) is 0. The minimum atomic E-state index is -4.47. The molecule has 0 bridgehead atoms. The average Bonchev–Trinajstić information content (AvgIpc) is 3.06. The molecule has 0 radical (unpaired) electrons. The molecular formula is C19H15F3N2O2S. The lowest BCUT2D eigenvalue weighted by molar-refractivity contribution is -0.137. The van der Waals surface area contributed by atoms with Gasteiger partial charge in [0, 0.05) is 5.38 Å². The van der Waals surface area contributed by atoms with Gasteiger partial charge in [0.25, 0.3) is 5.91 Å². The maximum Gasteiger partial charge on any atom is 0.416 e. The number of halogens is 3. The van der Waals surface area contributed by atoms with E-state index >= 15 is 0 Å². The van der Waals surface area contributed by atoms with Gasteiger partial charge in [-0.1, -0.05) is 24.3 Å². The molecule has 3 rings (SSSR count). The summed E-state index contributed by atoms with van der Waals surface area (Å²) in [6.45, 7) is 1.39. The molecule has 3 aromatic rings. The van der Waals surface area contributed by atoms with Gasteiger partial charge >= 0.3 is 6.18 Å². The highest BCUT2D eigenvalue weighted by Crippen LogP contribution is 2.32. The summed E-state index contributed by atoms with van der Waals surface area (Å²) in [4.78, 5) is 18.5. The van der Waals surface area contributed by atoms with Crippen LogP contribution in [0.25, 0.3) is 0 Å². The highest BCUT2D eigenvalue weighted by molar-refractivity contribution is 7.14. The second-order valence-electron chi connectivity index (χ2n) is 5.65. The molecule has 0 saturated carbocycles. The van der Waals surface area contributed by atoms with Gasteiger partial charge in [0.2, 0.25) is 0 Å². The van der Waals surface area contributed by atoms with Crippen molar-refractivity contribution in [2.75, 3.05) is 11.5 Å². The van der Waals surface area contributed by atoms with E-state index in [1.807, 2.05) is 18.4 Å². The van der Waals surface area contributed by atoms with Gasteiger partial charge in [-0.2, -0.15) is 13.2 Å². The Labute approximate surface area is 157 Å². The Kier molecular flexibility index (Phi) is 5.46. The predicted octanol–water partition coefficient (Wildman–Crippen LogP) is 5.21. The van der Waals surface area contributed by atoms with Crippen LogP contribution < -0.4 is 9.64 Å². The van der Waals surface area contributed by atoms with E-state index in [4.69, 9.17) is 4.74 Å². The fourth-order valence-corrected chi connectivity index (χ4v) is 3.19. The number of amides is 1. The van der Waals surface area contributed by atoms with Crippen LogP contribution in [0, 0.1) is 6.92 Å². The molecule has 0 fully saturated rings. The first-order valence-electron chi connectivity index (χ1n) is 7.95. The van der Waals surface area contributed by atoms with E-state index in [2.05, 4.69) is 4.98 Å². The molecule has 8 heteroatoms. The zero-order chi connectivity index (χ0) is 19.4. The molecule has 0 aliphatic carbocycles. The Bertz CT molecular complexity index is 926. The molecule has 1 aromatic heterocycles. The number of rotatable bonds is 5. The van der Waals surface area contributed by atoms with Crippen molar-refractivity contribution >= 4 is 28.1 Å². The molecule has 27 heavy (non-hydrogen) atoms. The Morgan fingerprint density at radius 3 is 2.52 bits per heavy atom. The van der Waals surface area contributed by atoms with Crippen molar-refractivity contribution in [2.24, 2.45) is 0 Å². The summed E-state index contributed by atoms with van der Waals surface area (Å²) in [5, 5.41) is 2.28. The summed E-state index contributed by atoms with van der Waals surface area (Å²) >= 11 is 1.30. The minimum Gasteiger partial charge on any atom is -0.484 e. The molecule has 0 atom stereocenters. The monoisotopic (exact) mass is 392 g/mol. The fourth-order valence-electron chi connectivity index (χ4n) is 2.35. The highest BCUT2D eigenvalue weighted by atomic mass is 32.1. The van der Waals surface area contributed by atoms with Crippen LogP contribution in [0.15, 0.2) is 60.0 Å². The van der Waals surface area contributed by atoms with Crippen LogP contribution in [0.2, 0.25) is 0 Å². The number of aryl methyl sites for hydroxylation is 1. The van der Waals surface area contributed by atoms with Gasteiger partial charge in [-0.3, -0.25) is 9.69 Å². The number of carbonyl (C=O) groups is 1. The maximum absolute atomic E-state index is 12.8. The molecule has 1 heterocycles. The van der Waals surface area contributed by atoms with Gasteiger partial charge in [-0.05, 0) is 37.3 Å². The maximum atomic E-state index is 12.8. The van der Waals surface area contributed by atoms with Gasteiger partial charge in [0.05, 0.1) is 16.9 Å². The molecule has 0 spiro atoms. The van der Waals surface area contributed by atoms with Gasteiger partial charge in [0.15, 0.2) is 11.7 Å². The number of ether oxygens (including phenoxy) is 1. The molecule has 0 saturated heterocycles. The molecule has 140 valence electrons. The van der Waals surface area contributed by atoms with E-state index in [0.29, 0.717) is 10.8 Å². The third kappa shape index (κ3) is 4.65. The number of hydrogen-bond donors (Lipinski definition) is 0. The molecule has 0 aliphatic heterocycles. The van der Waals surface area contributed by atoms with Crippen molar-refractivity contribution in [3.05, 3.63) is 71.2 Å². The average molecular weight is 392 g/mol. The number of hydrogen-bond acceptors (Lipinski definition) is 4. The number of thiazole rings is 1. The van der Waals surface area contributed by atoms with Crippen molar-refractivity contribution in [3.8, 4) is 5.75 Å². The van der Waals surface area contributed by atoms with Gasteiger partial charge in [-0.25, -0.2) is 4.98 Å². The van der Waals surface area contributed by atoms with E-state index in [1.165, 1.54) is 28.4 Å². The normalized spacial score (nSPS) is 11.3. The van der Waals surface area contributed by atoms with Crippen LogP contribution >= 0.6 is 11.3 Å². The SMILES string of the molecule is Cc1csc(N(C(=O)COc2cccc(C(F)(F)F)c2)c2ccccc2)n1. The first-order chi connectivity index (χ1) is 12.8. The first-order valence-corrected chi connectivity index (χ1v) is 8.83. The predicted molar refractivity (Wildman–Crippen MR) is 97.4 cm³/mol. The summed E-state index contributed by atoms with van der Waals surface area (Å²) in [5.41, 5.74) is 0.537. The van der Waals surface area contributed by atoms with Gasteiger partial charge < -0.3 is 4.74 Å². The number of nitrogens with zero attached hydrogens (tertiary/aromatic N) is 2. The van der Waals surface area contributed by atoms with Crippen LogP contribution in [0.5, 0.6) is 5.75 Å². The number of benzene rings is 2. The number of carbonyl (C=O) groups excluding carboxylic acids is 1. The molecule has 1 amide bonds. The second-order valence-corrected chi connectivity index (χ2v) is 6.49. The Morgan fingerprint density at radius 1 is 1.15 bits per heavy atom.